The maximum Gasteiger partial charge on any atom is 0.257 e. The van der Waals surface area contributed by atoms with Crippen LogP contribution in [0.3, 0.4) is 0 Å². The van der Waals surface area contributed by atoms with Gasteiger partial charge in [-0.25, -0.2) is 26.9 Å². The second kappa shape index (κ2) is 5.68. The summed E-state index contributed by atoms with van der Waals surface area (Å²) in [5, 5.41) is -0.0413. The molecule has 0 spiro atoms. The third-order valence-corrected chi connectivity index (χ3v) is 3.97. The number of hydrogen-bond donors (Lipinski definition) is 2. The molecule has 8 heteroatoms. The second-order valence-corrected chi connectivity index (χ2v) is 5.99. The lowest BCUT2D eigenvalue weighted by Crippen LogP contribution is -2.26. The van der Waals surface area contributed by atoms with Crippen LogP contribution in [0.15, 0.2) is 29.4 Å². The van der Waals surface area contributed by atoms with Crippen molar-refractivity contribution >= 4 is 10.0 Å². The first-order valence-corrected chi connectivity index (χ1v) is 7.31. The minimum absolute atomic E-state index is 0.0310. The quantitative estimate of drug-likeness (QED) is 0.879. The summed E-state index contributed by atoms with van der Waals surface area (Å²) in [5.41, 5.74) is 0.381. The molecule has 0 aliphatic heterocycles. The Morgan fingerprint density at radius 1 is 1.25 bits per heavy atom. The van der Waals surface area contributed by atoms with Crippen LogP contribution in [0, 0.1) is 18.6 Å². The molecule has 5 nitrogen and oxygen atoms in total. The summed E-state index contributed by atoms with van der Waals surface area (Å²) in [6.07, 6.45) is 1.39. The van der Waals surface area contributed by atoms with Gasteiger partial charge in [0, 0.05) is 12.6 Å². The zero-order chi connectivity index (χ0) is 14.8. The molecule has 0 amide bonds. The number of nitrogens with one attached hydrogen (secondary N) is 2. The van der Waals surface area contributed by atoms with Gasteiger partial charge in [-0.2, -0.15) is 0 Å². The average Bonchev–Trinajstić information content (AvgIpc) is 2.75. The molecule has 0 saturated heterocycles. The highest BCUT2D eigenvalue weighted by atomic mass is 32.2. The van der Waals surface area contributed by atoms with E-state index in [1.807, 2.05) is 0 Å². The topological polar surface area (TPSA) is 74.8 Å². The highest BCUT2D eigenvalue weighted by molar-refractivity contribution is 7.89. The summed E-state index contributed by atoms with van der Waals surface area (Å²) in [7, 11) is -3.69. The minimum Gasteiger partial charge on any atom is -0.332 e. The zero-order valence-corrected chi connectivity index (χ0v) is 11.5. The van der Waals surface area contributed by atoms with E-state index in [-0.39, 0.29) is 18.0 Å². The van der Waals surface area contributed by atoms with Crippen molar-refractivity contribution in [1.29, 1.82) is 0 Å². The molecule has 1 heterocycles. The van der Waals surface area contributed by atoms with Crippen LogP contribution in [0.25, 0.3) is 0 Å². The molecule has 2 aromatic rings. The van der Waals surface area contributed by atoms with Gasteiger partial charge in [0.1, 0.15) is 17.5 Å². The van der Waals surface area contributed by atoms with Crippen molar-refractivity contribution in [2.45, 2.75) is 18.4 Å². The van der Waals surface area contributed by atoms with Gasteiger partial charge in [-0.15, -0.1) is 0 Å². The van der Waals surface area contributed by atoms with Crippen molar-refractivity contribution in [3.05, 3.63) is 47.4 Å². The van der Waals surface area contributed by atoms with Gasteiger partial charge in [0.15, 0.2) is 5.03 Å². The molecule has 2 N–H and O–H groups in total. The molecule has 0 fully saturated rings. The Hall–Kier alpha value is -1.80. The van der Waals surface area contributed by atoms with E-state index in [9.17, 15) is 17.2 Å². The fourth-order valence-corrected chi connectivity index (χ4v) is 2.70. The summed E-state index contributed by atoms with van der Waals surface area (Å²) >= 11 is 0. The Morgan fingerprint density at radius 2 is 1.90 bits per heavy atom. The number of benzene rings is 1. The molecule has 0 radical (unpaired) electrons. The van der Waals surface area contributed by atoms with E-state index in [0.29, 0.717) is 11.4 Å². The van der Waals surface area contributed by atoms with E-state index in [4.69, 9.17) is 0 Å². The van der Waals surface area contributed by atoms with Crippen molar-refractivity contribution in [3.63, 3.8) is 0 Å². The molecule has 0 bridgehead atoms. The third kappa shape index (κ3) is 3.61. The summed E-state index contributed by atoms with van der Waals surface area (Å²) in [5.74, 6) is -0.892. The average molecular weight is 301 g/mol. The summed E-state index contributed by atoms with van der Waals surface area (Å²) in [6, 6.07) is 3.09. The molecular weight excluding hydrogens is 288 g/mol. The molecule has 0 unspecified atom stereocenters. The van der Waals surface area contributed by atoms with Crippen molar-refractivity contribution in [1.82, 2.24) is 14.7 Å². The van der Waals surface area contributed by atoms with Crippen LogP contribution in [0.4, 0.5) is 8.78 Å². The Kier molecular flexibility index (Phi) is 4.15. The second-order valence-electron chi connectivity index (χ2n) is 4.26. The summed E-state index contributed by atoms with van der Waals surface area (Å²) in [4.78, 5) is 6.40. The largest absolute Gasteiger partial charge is 0.332 e. The Balaban J connectivity index is 1.99. The van der Waals surface area contributed by atoms with Gasteiger partial charge in [0.05, 0.1) is 6.20 Å². The molecular formula is C12H13F2N3O2S. The lowest BCUT2D eigenvalue weighted by atomic mass is 10.1. The molecule has 20 heavy (non-hydrogen) atoms. The van der Waals surface area contributed by atoms with E-state index in [1.54, 1.807) is 6.92 Å². The van der Waals surface area contributed by atoms with E-state index < -0.39 is 21.7 Å². The van der Waals surface area contributed by atoms with Crippen LogP contribution >= 0.6 is 0 Å². The third-order valence-electron chi connectivity index (χ3n) is 2.60. The molecule has 0 saturated carbocycles. The summed E-state index contributed by atoms with van der Waals surface area (Å²) in [6.45, 7) is 1.66. The molecule has 108 valence electrons. The van der Waals surface area contributed by atoms with Crippen LogP contribution in [0.2, 0.25) is 0 Å². The maximum absolute atomic E-state index is 13.0. The van der Waals surface area contributed by atoms with Gasteiger partial charge >= 0.3 is 0 Å². The number of aromatic amines is 1. The number of aromatic nitrogens is 2. The van der Waals surface area contributed by atoms with E-state index in [1.165, 1.54) is 6.20 Å². The number of nitrogens with zero attached hydrogens (tertiary/aromatic N) is 1. The Labute approximate surface area is 115 Å². The van der Waals surface area contributed by atoms with Gasteiger partial charge < -0.3 is 4.98 Å². The highest BCUT2D eigenvalue weighted by Gasteiger charge is 2.15. The van der Waals surface area contributed by atoms with Gasteiger partial charge in [-0.3, -0.25) is 0 Å². The van der Waals surface area contributed by atoms with Gasteiger partial charge in [0.2, 0.25) is 0 Å². The van der Waals surface area contributed by atoms with Crippen molar-refractivity contribution in [3.8, 4) is 0 Å². The van der Waals surface area contributed by atoms with Crippen molar-refractivity contribution < 1.29 is 17.2 Å². The summed E-state index contributed by atoms with van der Waals surface area (Å²) < 4.78 is 51.9. The number of hydrogen-bond acceptors (Lipinski definition) is 3. The van der Waals surface area contributed by atoms with E-state index in [2.05, 4.69) is 14.7 Å². The van der Waals surface area contributed by atoms with E-state index in [0.717, 1.165) is 18.2 Å². The number of sulfonamides is 1. The first-order chi connectivity index (χ1) is 9.37. The van der Waals surface area contributed by atoms with Gasteiger partial charge in [-0.1, -0.05) is 0 Å². The number of rotatable bonds is 5. The normalized spacial score (nSPS) is 11.8. The Bertz CT molecular complexity index is 693. The molecule has 1 aromatic heterocycles. The molecule has 0 aliphatic carbocycles. The Morgan fingerprint density at radius 3 is 2.45 bits per heavy atom. The van der Waals surface area contributed by atoms with Crippen LogP contribution in [-0.2, 0) is 16.4 Å². The van der Waals surface area contributed by atoms with Crippen LogP contribution in [-0.4, -0.2) is 24.9 Å². The predicted octanol–water partition coefficient (Wildman–Crippen LogP) is 1.52. The first-order valence-electron chi connectivity index (χ1n) is 5.83. The standard InChI is InChI=1S/C12H13F2N3O2S/c1-8-15-7-12(17-8)20(18,19)16-3-2-9-4-10(13)6-11(14)5-9/h4-7,16H,2-3H2,1H3,(H,15,17). The number of aryl methyl sites for hydroxylation is 1. The molecule has 1 aromatic carbocycles. The number of imidazole rings is 1. The van der Waals surface area contributed by atoms with E-state index >= 15 is 0 Å². The van der Waals surface area contributed by atoms with Gasteiger partial charge in [-0.05, 0) is 31.0 Å². The fraction of sp³-hybridized carbons (Fsp3) is 0.250. The first kappa shape index (κ1) is 14.6. The van der Waals surface area contributed by atoms with Gasteiger partial charge in [0.25, 0.3) is 10.0 Å². The molecule has 2 rings (SSSR count). The lowest BCUT2D eigenvalue weighted by molar-refractivity contribution is 0.574. The highest BCUT2D eigenvalue weighted by Crippen LogP contribution is 2.09. The fourth-order valence-electron chi connectivity index (χ4n) is 1.70. The van der Waals surface area contributed by atoms with Crippen LogP contribution < -0.4 is 4.72 Å². The number of halogens is 2. The van der Waals surface area contributed by atoms with Crippen LogP contribution in [0.5, 0.6) is 0 Å². The predicted molar refractivity (Wildman–Crippen MR) is 68.6 cm³/mol. The molecule has 0 atom stereocenters. The van der Waals surface area contributed by atoms with Crippen molar-refractivity contribution in [2.75, 3.05) is 6.54 Å². The smallest absolute Gasteiger partial charge is 0.257 e. The zero-order valence-electron chi connectivity index (χ0n) is 10.7. The molecule has 0 aliphatic rings. The van der Waals surface area contributed by atoms with Crippen LogP contribution in [0.1, 0.15) is 11.4 Å². The maximum atomic E-state index is 13.0. The lowest BCUT2D eigenvalue weighted by Gasteiger charge is -2.05. The van der Waals surface area contributed by atoms with Crippen molar-refractivity contribution in [2.24, 2.45) is 0 Å². The SMILES string of the molecule is Cc1ncc(S(=O)(=O)NCCc2cc(F)cc(F)c2)[nH]1. The monoisotopic (exact) mass is 301 g/mol. The number of H-pyrrole nitrogens is 1. The minimum atomic E-state index is -3.69.